The number of likely N-dealkylation sites (tertiary alicyclic amines) is 1. The summed E-state index contributed by atoms with van der Waals surface area (Å²) in [5.74, 6) is 1.24. The van der Waals surface area contributed by atoms with Crippen LogP contribution < -0.4 is 0 Å². The van der Waals surface area contributed by atoms with Gasteiger partial charge >= 0.3 is 5.82 Å². The van der Waals surface area contributed by atoms with Gasteiger partial charge in [-0.3, -0.25) is 4.79 Å². The molecular weight excluding hydrogens is 340 g/mol. The Hall–Kier alpha value is -2.78. The summed E-state index contributed by atoms with van der Waals surface area (Å²) in [6, 6.07) is 1.26. The lowest BCUT2D eigenvalue weighted by atomic mass is 9.95. The average molecular weight is 360 g/mol. The third-order valence-electron chi connectivity index (χ3n) is 5.24. The summed E-state index contributed by atoms with van der Waals surface area (Å²) in [4.78, 5) is 28.7. The molecule has 10 heteroatoms. The van der Waals surface area contributed by atoms with Crippen molar-refractivity contribution in [1.82, 2.24) is 25.2 Å². The number of hydrogen-bond acceptors (Lipinski definition) is 7. The number of aromatic amines is 1. The zero-order valence-corrected chi connectivity index (χ0v) is 14.3. The van der Waals surface area contributed by atoms with Crippen LogP contribution in [0.15, 0.2) is 10.6 Å². The van der Waals surface area contributed by atoms with E-state index in [4.69, 9.17) is 4.52 Å². The first kappa shape index (κ1) is 16.7. The van der Waals surface area contributed by atoms with Crippen LogP contribution in [-0.2, 0) is 4.79 Å². The van der Waals surface area contributed by atoms with Crippen LogP contribution >= 0.6 is 0 Å². The normalized spacial score (nSPS) is 21.5. The zero-order valence-electron chi connectivity index (χ0n) is 14.3. The Morgan fingerprint density at radius 3 is 2.88 bits per heavy atom. The summed E-state index contributed by atoms with van der Waals surface area (Å²) in [6.07, 6.45) is 6.05. The van der Waals surface area contributed by atoms with Gasteiger partial charge in [0.25, 0.3) is 5.89 Å². The van der Waals surface area contributed by atoms with Crippen molar-refractivity contribution in [2.45, 2.75) is 44.4 Å². The number of hydrogen-bond donors (Lipinski definition) is 1. The maximum Gasteiger partial charge on any atom is 0.343 e. The molecule has 1 unspecified atom stereocenters. The summed E-state index contributed by atoms with van der Waals surface area (Å²) >= 11 is 0. The van der Waals surface area contributed by atoms with E-state index in [1.165, 1.54) is 31.7 Å². The highest BCUT2D eigenvalue weighted by Gasteiger charge is 2.32. The molecule has 0 aromatic carbocycles. The third kappa shape index (κ3) is 3.31. The van der Waals surface area contributed by atoms with Crippen molar-refractivity contribution in [3.63, 3.8) is 0 Å². The number of nitrogens with one attached hydrogen (secondary N) is 1. The lowest BCUT2D eigenvalue weighted by Gasteiger charge is -2.33. The largest absolute Gasteiger partial charge is 0.358 e. The molecule has 3 heterocycles. The van der Waals surface area contributed by atoms with Crippen molar-refractivity contribution in [3.05, 3.63) is 22.0 Å². The molecule has 2 aliphatic rings. The molecule has 2 aromatic heterocycles. The minimum atomic E-state index is -0.568. The first-order valence-electron chi connectivity index (χ1n) is 8.91. The van der Waals surface area contributed by atoms with Crippen molar-refractivity contribution in [2.75, 3.05) is 13.1 Å². The standard InChI is InChI=1S/C16H20N6O4/c23-14-6-5-11(9-21(14)8-10-3-1-2-4-10)15-17-16(26-20-15)12-7-13(19-18-12)22(24)25/h7,10-11H,1-6,8-9H2,(H,18,19). The van der Waals surface area contributed by atoms with Crippen LogP contribution in [0.5, 0.6) is 0 Å². The van der Waals surface area contributed by atoms with Gasteiger partial charge in [0.1, 0.15) is 0 Å². The number of carbonyl (C=O) groups excluding carboxylic acids is 1. The predicted molar refractivity (Wildman–Crippen MR) is 89.0 cm³/mol. The fraction of sp³-hybridized carbons (Fsp3) is 0.625. The number of carbonyl (C=O) groups is 1. The summed E-state index contributed by atoms with van der Waals surface area (Å²) < 4.78 is 5.22. The number of rotatable bonds is 5. The Morgan fingerprint density at radius 1 is 1.35 bits per heavy atom. The molecule has 2 aromatic rings. The monoisotopic (exact) mass is 360 g/mol. The molecule has 0 bridgehead atoms. The van der Waals surface area contributed by atoms with Gasteiger partial charge in [0, 0.05) is 25.4 Å². The van der Waals surface area contributed by atoms with Crippen molar-refractivity contribution >= 4 is 11.7 Å². The summed E-state index contributed by atoms with van der Waals surface area (Å²) in [7, 11) is 0. The van der Waals surface area contributed by atoms with Crippen LogP contribution in [0.25, 0.3) is 11.6 Å². The summed E-state index contributed by atoms with van der Waals surface area (Å²) in [5.41, 5.74) is 0.241. The lowest BCUT2D eigenvalue weighted by molar-refractivity contribution is -0.389. The highest BCUT2D eigenvalue weighted by molar-refractivity contribution is 5.77. The van der Waals surface area contributed by atoms with E-state index < -0.39 is 4.92 Å². The molecule has 1 N–H and O–H groups in total. The number of H-pyrrole nitrogens is 1. The topological polar surface area (TPSA) is 131 Å². The maximum absolute atomic E-state index is 12.2. The van der Waals surface area contributed by atoms with E-state index in [1.807, 2.05) is 4.90 Å². The molecule has 138 valence electrons. The Kier molecular flexibility index (Phi) is 4.39. The first-order chi connectivity index (χ1) is 12.6. The minimum Gasteiger partial charge on any atom is -0.358 e. The van der Waals surface area contributed by atoms with Crippen molar-refractivity contribution < 1.29 is 14.2 Å². The fourth-order valence-corrected chi connectivity index (χ4v) is 3.83. The minimum absolute atomic E-state index is 0.0144. The maximum atomic E-state index is 12.2. The number of amides is 1. The highest BCUT2D eigenvalue weighted by Crippen LogP contribution is 2.31. The Labute approximate surface area is 149 Å². The van der Waals surface area contributed by atoms with Gasteiger partial charge in [-0.05, 0) is 30.1 Å². The van der Waals surface area contributed by atoms with E-state index in [0.29, 0.717) is 31.1 Å². The molecule has 4 rings (SSSR count). The Balaban J connectivity index is 1.46. The van der Waals surface area contributed by atoms with Crippen LogP contribution in [-0.4, -0.2) is 49.2 Å². The fourth-order valence-electron chi connectivity index (χ4n) is 3.83. The third-order valence-corrected chi connectivity index (χ3v) is 5.24. The molecule has 0 radical (unpaired) electrons. The molecular formula is C16H20N6O4. The number of piperidine rings is 1. The highest BCUT2D eigenvalue weighted by atomic mass is 16.6. The molecule has 2 fully saturated rings. The smallest absolute Gasteiger partial charge is 0.343 e. The molecule has 1 saturated carbocycles. The molecule has 10 nitrogen and oxygen atoms in total. The average Bonchev–Trinajstić information content (AvgIpc) is 3.38. The molecule has 1 amide bonds. The SMILES string of the molecule is O=C1CCC(c2noc(-c3cc([N+](=O)[O-])[nH]n3)n2)CN1CC1CCCC1. The first-order valence-corrected chi connectivity index (χ1v) is 8.91. The molecule has 1 saturated heterocycles. The van der Waals surface area contributed by atoms with Crippen LogP contribution in [0.1, 0.15) is 50.3 Å². The number of nitro groups is 1. The van der Waals surface area contributed by atoms with Gasteiger partial charge in [-0.1, -0.05) is 23.1 Å². The zero-order chi connectivity index (χ0) is 18.1. The van der Waals surface area contributed by atoms with Crippen LogP contribution in [0.2, 0.25) is 0 Å². The molecule has 26 heavy (non-hydrogen) atoms. The molecule has 1 aliphatic carbocycles. The van der Waals surface area contributed by atoms with Gasteiger partial charge in [0.05, 0.1) is 6.07 Å². The number of aromatic nitrogens is 4. The van der Waals surface area contributed by atoms with Gasteiger partial charge in [-0.2, -0.15) is 4.98 Å². The van der Waals surface area contributed by atoms with Crippen LogP contribution in [0.3, 0.4) is 0 Å². The van der Waals surface area contributed by atoms with Crippen molar-refractivity contribution in [1.29, 1.82) is 0 Å². The van der Waals surface area contributed by atoms with Gasteiger partial charge < -0.3 is 19.5 Å². The molecule has 1 atom stereocenters. The van der Waals surface area contributed by atoms with Gasteiger partial charge in [-0.15, -0.1) is 5.10 Å². The van der Waals surface area contributed by atoms with E-state index in [-0.39, 0.29) is 29.2 Å². The second-order valence-electron chi connectivity index (χ2n) is 7.04. The van der Waals surface area contributed by atoms with Gasteiger partial charge in [-0.25, -0.2) is 0 Å². The quantitative estimate of drug-likeness (QED) is 0.639. The van der Waals surface area contributed by atoms with E-state index in [2.05, 4.69) is 20.3 Å². The predicted octanol–water partition coefficient (Wildman–Crippen LogP) is 2.26. The van der Waals surface area contributed by atoms with E-state index in [1.54, 1.807) is 0 Å². The van der Waals surface area contributed by atoms with Crippen LogP contribution in [0.4, 0.5) is 5.82 Å². The van der Waals surface area contributed by atoms with Crippen molar-refractivity contribution in [3.8, 4) is 11.6 Å². The Bertz CT molecular complexity index is 809. The summed E-state index contributed by atoms with van der Waals surface area (Å²) in [6.45, 7) is 1.40. The van der Waals surface area contributed by atoms with E-state index in [9.17, 15) is 14.9 Å². The van der Waals surface area contributed by atoms with Gasteiger partial charge in [0.2, 0.25) is 5.91 Å². The van der Waals surface area contributed by atoms with E-state index >= 15 is 0 Å². The van der Waals surface area contributed by atoms with Crippen LogP contribution in [0, 0.1) is 16.0 Å². The summed E-state index contributed by atoms with van der Waals surface area (Å²) in [5, 5.41) is 20.9. The molecule has 1 aliphatic heterocycles. The Morgan fingerprint density at radius 2 is 2.15 bits per heavy atom. The molecule has 0 spiro atoms. The number of nitrogens with zero attached hydrogens (tertiary/aromatic N) is 5. The second kappa shape index (κ2) is 6.85. The van der Waals surface area contributed by atoms with Crippen molar-refractivity contribution in [2.24, 2.45) is 5.92 Å². The second-order valence-corrected chi connectivity index (χ2v) is 7.04. The van der Waals surface area contributed by atoms with Gasteiger partial charge in [0.15, 0.2) is 11.5 Å². The lowest BCUT2D eigenvalue weighted by Crippen LogP contribution is -2.41. The van der Waals surface area contributed by atoms with E-state index in [0.717, 1.165) is 6.54 Å².